The van der Waals surface area contributed by atoms with Crippen LogP contribution < -0.4 is 10.6 Å². The number of anilines is 2. The van der Waals surface area contributed by atoms with Crippen LogP contribution in [-0.2, 0) is 9.59 Å². The minimum absolute atomic E-state index is 0.0107. The first-order chi connectivity index (χ1) is 13.0. The zero-order valence-corrected chi connectivity index (χ0v) is 15.9. The fourth-order valence-electron chi connectivity index (χ4n) is 2.35. The Balaban J connectivity index is 1.85. The van der Waals surface area contributed by atoms with Crippen LogP contribution in [0, 0.1) is 5.82 Å². The van der Waals surface area contributed by atoms with Crippen LogP contribution >= 0.6 is 11.8 Å². The van der Waals surface area contributed by atoms with Crippen molar-refractivity contribution in [3.05, 3.63) is 67.0 Å². The van der Waals surface area contributed by atoms with E-state index < -0.39 is 5.82 Å². The van der Waals surface area contributed by atoms with E-state index in [-0.39, 0.29) is 24.9 Å². The second kappa shape index (κ2) is 10.5. The molecule has 2 rings (SSSR count). The largest absolute Gasteiger partial charge is 0.325 e. The van der Waals surface area contributed by atoms with Gasteiger partial charge in [0.05, 0.1) is 18.8 Å². The van der Waals surface area contributed by atoms with Gasteiger partial charge >= 0.3 is 0 Å². The van der Waals surface area contributed by atoms with Gasteiger partial charge < -0.3 is 10.6 Å². The molecule has 2 aromatic rings. The van der Waals surface area contributed by atoms with Crippen LogP contribution in [0.3, 0.4) is 0 Å². The van der Waals surface area contributed by atoms with Crippen molar-refractivity contribution in [3.8, 4) is 0 Å². The smallest absolute Gasteiger partial charge is 0.238 e. The maximum atomic E-state index is 13.1. The molecule has 0 aromatic heterocycles. The van der Waals surface area contributed by atoms with E-state index in [0.717, 1.165) is 16.3 Å². The Morgan fingerprint density at radius 3 is 2.52 bits per heavy atom. The minimum Gasteiger partial charge on any atom is -0.325 e. The van der Waals surface area contributed by atoms with E-state index in [1.165, 1.54) is 18.2 Å². The highest BCUT2D eigenvalue weighted by Gasteiger charge is 2.12. The molecule has 142 valence electrons. The van der Waals surface area contributed by atoms with Gasteiger partial charge in [0.25, 0.3) is 0 Å². The van der Waals surface area contributed by atoms with Crippen molar-refractivity contribution in [1.29, 1.82) is 0 Å². The monoisotopic (exact) mass is 387 g/mol. The molecule has 0 aliphatic rings. The van der Waals surface area contributed by atoms with Crippen molar-refractivity contribution in [2.75, 3.05) is 36.5 Å². The predicted octanol–water partition coefficient (Wildman–Crippen LogP) is 3.61. The number of carbonyl (C=O) groups excluding carboxylic acids is 2. The summed E-state index contributed by atoms with van der Waals surface area (Å²) in [6.45, 7) is 3.76. The standard InChI is InChI=1S/C20H22FN3O2S/c1-3-11-27-18-10-5-4-9-17(18)23-20(26)14-24(2)13-19(25)22-16-8-6-7-15(21)12-16/h3-10,12H,1,11,13-14H2,2H3,(H,22,25)(H,23,26). The highest BCUT2D eigenvalue weighted by Crippen LogP contribution is 2.26. The lowest BCUT2D eigenvalue weighted by Gasteiger charge is -2.17. The lowest BCUT2D eigenvalue weighted by atomic mass is 10.3. The van der Waals surface area contributed by atoms with Crippen molar-refractivity contribution in [2.45, 2.75) is 4.90 Å². The fourth-order valence-corrected chi connectivity index (χ4v) is 3.09. The summed E-state index contributed by atoms with van der Waals surface area (Å²) in [5, 5.41) is 5.47. The van der Waals surface area contributed by atoms with E-state index in [2.05, 4.69) is 17.2 Å². The summed E-state index contributed by atoms with van der Waals surface area (Å²) < 4.78 is 13.1. The third-order valence-corrected chi connectivity index (χ3v) is 4.52. The molecule has 27 heavy (non-hydrogen) atoms. The minimum atomic E-state index is -0.423. The van der Waals surface area contributed by atoms with Crippen molar-refractivity contribution in [1.82, 2.24) is 4.90 Å². The number of halogens is 1. The Bertz CT molecular complexity index is 813. The molecule has 0 heterocycles. The van der Waals surface area contributed by atoms with Crippen molar-refractivity contribution < 1.29 is 14.0 Å². The summed E-state index contributed by atoms with van der Waals surface area (Å²) in [6.07, 6.45) is 1.80. The number of thioether (sulfide) groups is 1. The number of benzene rings is 2. The Morgan fingerprint density at radius 2 is 1.81 bits per heavy atom. The van der Waals surface area contributed by atoms with E-state index in [1.807, 2.05) is 24.3 Å². The van der Waals surface area contributed by atoms with Crippen molar-refractivity contribution in [2.24, 2.45) is 0 Å². The molecule has 0 aliphatic heterocycles. The van der Waals surface area contributed by atoms with E-state index in [9.17, 15) is 14.0 Å². The number of likely N-dealkylation sites (N-methyl/N-ethyl adjacent to an activating group) is 1. The molecule has 0 saturated carbocycles. The summed E-state index contributed by atoms with van der Waals surface area (Å²) in [6, 6.07) is 13.2. The zero-order valence-electron chi connectivity index (χ0n) is 15.1. The molecule has 2 amide bonds. The van der Waals surface area contributed by atoms with Crippen LogP contribution in [-0.4, -0.2) is 42.6 Å². The van der Waals surface area contributed by atoms with E-state index >= 15 is 0 Å². The number of nitrogens with zero attached hydrogens (tertiary/aromatic N) is 1. The SMILES string of the molecule is C=CCSc1ccccc1NC(=O)CN(C)CC(=O)Nc1cccc(F)c1. The average molecular weight is 387 g/mol. The van der Waals surface area contributed by atoms with Crippen LogP contribution in [0.4, 0.5) is 15.8 Å². The normalized spacial score (nSPS) is 10.5. The molecule has 0 aliphatic carbocycles. The maximum absolute atomic E-state index is 13.1. The molecular weight excluding hydrogens is 365 g/mol. The van der Waals surface area contributed by atoms with Crippen LogP contribution in [0.2, 0.25) is 0 Å². The molecule has 0 atom stereocenters. The van der Waals surface area contributed by atoms with Gasteiger partial charge in [0.2, 0.25) is 11.8 Å². The highest BCUT2D eigenvalue weighted by atomic mass is 32.2. The third-order valence-electron chi connectivity index (χ3n) is 3.45. The first kappa shape index (κ1) is 20.7. The quantitative estimate of drug-likeness (QED) is 0.510. The summed E-state index contributed by atoms with van der Waals surface area (Å²) in [5.41, 5.74) is 1.11. The molecule has 0 radical (unpaired) electrons. The van der Waals surface area contributed by atoms with Gasteiger partial charge in [-0.3, -0.25) is 14.5 Å². The summed E-state index contributed by atoms with van der Waals surface area (Å²) in [5.74, 6) is -0.221. The van der Waals surface area contributed by atoms with E-state index in [4.69, 9.17) is 0 Å². The van der Waals surface area contributed by atoms with Gasteiger partial charge in [-0.2, -0.15) is 0 Å². The van der Waals surface area contributed by atoms with Crippen LogP contribution in [0.1, 0.15) is 0 Å². The first-order valence-electron chi connectivity index (χ1n) is 8.34. The molecule has 0 unspecified atom stereocenters. The van der Waals surface area contributed by atoms with Gasteiger partial charge in [0.15, 0.2) is 0 Å². The molecule has 0 spiro atoms. The summed E-state index contributed by atoms with van der Waals surface area (Å²) >= 11 is 1.58. The van der Waals surface area contributed by atoms with Gasteiger partial charge in [0.1, 0.15) is 5.82 Å². The maximum Gasteiger partial charge on any atom is 0.238 e. The molecule has 0 fully saturated rings. The molecule has 2 N–H and O–H groups in total. The van der Waals surface area contributed by atoms with Crippen LogP contribution in [0.5, 0.6) is 0 Å². The second-order valence-electron chi connectivity index (χ2n) is 5.87. The Kier molecular flexibility index (Phi) is 8.03. The Morgan fingerprint density at radius 1 is 1.11 bits per heavy atom. The van der Waals surface area contributed by atoms with E-state index in [1.54, 1.807) is 35.9 Å². The third kappa shape index (κ3) is 7.24. The number of rotatable bonds is 9. The Hall–Kier alpha value is -2.64. The highest BCUT2D eigenvalue weighted by molar-refractivity contribution is 7.99. The summed E-state index contributed by atoms with van der Waals surface area (Å²) in [7, 11) is 1.67. The topological polar surface area (TPSA) is 61.4 Å². The van der Waals surface area contributed by atoms with Gasteiger partial charge in [0, 0.05) is 16.3 Å². The van der Waals surface area contributed by atoms with E-state index in [0.29, 0.717) is 5.69 Å². The van der Waals surface area contributed by atoms with Gasteiger partial charge in [-0.1, -0.05) is 24.3 Å². The molecular formula is C20H22FN3O2S. The summed E-state index contributed by atoms with van der Waals surface area (Å²) in [4.78, 5) is 26.8. The number of carbonyl (C=O) groups is 2. The number of nitrogens with one attached hydrogen (secondary N) is 2. The lowest BCUT2D eigenvalue weighted by Crippen LogP contribution is -2.36. The molecule has 2 aromatic carbocycles. The van der Waals surface area contributed by atoms with Crippen molar-refractivity contribution >= 4 is 35.0 Å². The van der Waals surface area contributed by atoms with Crippen LogP contribution in [0.15, 0.2) is 66.1 Å². The number of amides is 2. The number of hydrogen-bond donors (Lipinski definition) is 2. The molecule has 0 saturated heterocycles. The van der Waals surface area contributed by atoms with Gasteiger partial charge in [-0.15, -0.1) is 18.3 Å². The number of hydrogen-bond acceptors (Lipinski definition) is 4. The lowest BCUT2D eigenvalue weighted by molar-refractivity contribution is -0.119. The second-order valence-corrected chi connectivity index (χ2v) is 6.94. The predicted molar refractivity (Wildman–Crippen MR) is 109 cm³/mol. The average Bonchev–Trinajstić information content (AvgIpc) is 2.60. The van der Waals surface area contributed by atoms with Crippen LogP contribution in [0.25, 0.3) is 0 Å². The van der Waals surface area contributed by atoms with Gasteiger partial charge in [-0.05, 0) is 37.4 Å². The van der Waals surface area contributed by atoms with Crippen molar-refractivity contribution in [3.63, 3.8) is 0 Å². The zero-order chi connectivity index (χ0) is 19.6. The fraction of sp³-hybridized carbons (Fsp3) is 0.200. The molecule has 5 nitrogen and oxygen atoms in total. The molecule has 0 bridgehead atoms. The Labute approximate surface area is 162 Å². The molecule has 7 heteroatoms. The first-order valence-corrected chi connectivity index (χ1v) is 9.33. The number of para-hydroxylation sites is 1. The van der Waals surface area contributed by atoms with Gasteiger partial charge in [-0.25, -0.2) is 4.39 Å².